The maximum Gasteiger partial charge on any atom is 0.305 e. The largest absolute Gasteiger partial charge is 0.508 e. The summed E-state index contributed by atoms with van der Waals surface area (Å²) in [6.07, 6.45) is 0. The zero-order valence-electron chi connectivity index (χ0n) is 21.8. The van der Waals surface area contributed by atoms with Gasteiger partial charge in [-0.2, -0.15) is 0 Å². The van der Waals surface area contributed by atoms with E-state index in [1.807, 2.05) is 0 Å². The first-order valence-electron chi connectivity index (χ1n) is 12.7. The van der Waals surface area contributed by atoms with Crippen molar-refractivity contribution in [2.24, 2.45) is 5.92 Å². The molecule has 3 N–H and O–H groups in total. The number of nitrogens with one attached hydrogen (secondary N) is 2. The van der Waals surface area contributed by atoms with Crippen molar-refractivity contribution in [3.05, 3.63) is 92.7 Å². The third kappa shape index (κ3) is 5.01. The van der Waals surface area contributed by atoms with E-state index >= 15 is 0 Å². The molecule has 3 unspecified atom stereocenters. The lowest BCUT2D eigenvalue weighted by atomic mass is 9.83. The number of phenols is 1. The van der Waals surface area contributed by atoms with Crippen molar-refractivity contribution in [2.45, 2.75) is 16.2 Å². The highest BCUT2D eigenvalue weighted by Crippen LogP contribution is 2.53. The summed E-state index contributed by atoms with van der Waals surface area (Å²) in [5.74, 6) is -2.68. The summed E-state index contributed by atoms with van der Waals surface area (Å²) in [4.78, 5) is 56.2. The Balaban J connectivity index is 1.29. The average molecular weight is 608 g/mol. The molecule has 2 aliphatic rings. The Labute approximate surface area is 246 Å². The fraction of sp³-hybridized carbons (Fsp3) is 0.172. The second-order valence-electron chi connectivity index (χ2n) is 9.53. The molecule has 4 aromatic rings. The molecule has 0 radical (unpaired) electrons. The number of halogens is 1. The second kappa shape index (κ2) is 11.0. The van der Waals surface area contributed by atoms with Crippen LogP contribution in [0.3, 0.4) is 0 Å². The number of H-pyrrole nitrogens is 1. The van der Waals surface area contributed by atoms with Crippen molar-refractivity contribution in [3.8, 4) is 17.2 Å². The van der Waals surface area contributed by atoms with Gasteiger partial charge in [-0.05, 0) is 66.2 Å². The number of amides is 3. The molecule has 13 heteroatoms. The van der Waals surface area contributed by atoms with Gasteiger partial charge >= 0.3 is 4.87 Å². The topological polar surface area (TPSA) is 138 Å². The highest BCUT2D eigenvalue weighted by atomic mass is 32.2. The fourth-order valence-electron chi connectivity index (χ4n) is 5.10. The maximum absolute atomic E-state index is 13.8. The minimum absolute atomic E-state index is 0.0721. The summed E-state index contributed by atoms with van der Waals surface area (Å²) in [7, 11) is 1.43. The Kier molecular flexibility index (Phi) is 7.21. The van der Waals surface area contributed by atoms with Gasteiger partial charge in [-0.15, -0.1) is 0 Å². The molecule has 1 saturated heterocycles. The van der Waals surface area contributed by atoms with Crippen molar-refractivity contribution in [3.63, 3.8) is 0 Å². The highest BCUT2D eigenvalue weighted by Gasteiger charge is 2.56. The number of benzene rings is 3. The molecule has 6 rings (SSSR count). The maximum atomic E-state index is 13.8. The molecule has 3 aromatic carbocycles. The predicted octanol–water partition coefficient (Wildman–Crippen LogP) is 4.10. The molecule has 0 spiro atoms. The van der Waals surface area contributed by atoms with Crippen LogP contribution < -0.4 is 24.6 Å². The van der Waals surface area contributed by atoms with Gasteiger partial charge in [0, 0.05) is 16.5 Å². The first-order valence-corrected chi connectivity index (χ1v) is 14.4. The monoisotopic (exact) mass is 607 g/mol. The Hall–Kier alpha value is -4.62. The van der Waals surface area contributed by atoms with E-state index in [4.69, 9.17) is 9.47 Å². The number of aromatic amines is 1. The highest BCUT2D eigenvalue weighted by molar-refractivity contribution is 8.00. The molecule has 0 aliphatic carbocycles. The number of phenolic OH excluding ortho intramolecular Hbond substituents is 1. The van der Waals surface area contributed by atoms with Gasteiger partial charge in [0.15, 0.2) is 18.1 Å². The van der Waals surface area contributed by atoms with Gasteiger partial charge in [-0.1, -0.05) is 29.2 Å². The summed E-state index contributed by atoms with van der Waals surface area (Å²) in [5.41, 5.74) is 1.37. The third-order valence-corrected chi connectivity index (χ3v) is 9.37. The third-order valence-electron chi connectivity index (χ3n) is 6.97. The summed E-state index contributed by atoms with van der Waals surface area (Å²) < 4.78 is 24.8. The van der Waals surface area contributed by atoms with E-state index < -0.39 is 40.6 Å². The molecule has 0 saturated carbocycles. The number of carbonyl (C=O) groups excluding carboxylic acids is 3. The number of hydrogen-bond donors (Lipinski definition) is 3. The Bertz CT molecular complexity index is 1750. The molecule has 1 fully saturated rings. The number of anilines is 2. The number of methoxy groups -OCH3 is 1. The van der Waals surface area contributed by atoms with E-state index in [1.54, 1.807) is 30.3 Å². The van der Waals surface area contributed by atoms with Crippen molar-refractivity contribution < 1.29 is 33.4 Å². The van der Waals surface area contributed by atoms with E-state index in [2.05, 4.69) is 10.3 Å². The first kappa shape index (κ1) is 27.5. The number of rotatable bonds is 7. The second-order valence-corrected chi connectivity index (χ2v) is 11.7. The van der Waals surface area contributed by atoms with Crippen LogP contribution in [-0.4, -0.2) is 46.8 Å². The fourth-order valence-corrected chi connectivity index (χ4v) is 7.62. The van der Waals surface area contributed by atoms with Gasteiger partial charge in [-0.25, -0.2) is 9.29 Å². The van der Waals surface area contributed by atoms with Gasteiger partial charge in [0.1, 0.15) is 16.8 Å². The molecule has 0 bridgehead atoms. The standard InChI is InChI=1S/C29H22FN3O7S2/c1-39-20-12-14(2-11-19(20)40-13-21(35)31-16-5-9-18(34)10-6-16)22-23-25(41-26-24(22)42-29(38)32-26)28(37)33(27(23)36)17-7-3-15(30)4-8-17/h2-12,22-23,25,34H,13H2,1H3,(H,31,35)(H,32,38). The molecule has 10 nitrogen and oxygen atoms in total. The Morgan fingerprint density at radius 2 is 1.76 bits per heavy atom. The van der Waals surface area contributed by atoms with Crippen LogP contribution in [-0.2, 0) is 14.4 Å². The van der Waals surface area contributed by atoms with Gasteiger partial charge in [0.05, 0.1) is 23.7 Å². The van der Waals surface area contributed by atoms with E-state index in [0.717, 1.165) is 28.0 Å². The predicted molar refractivity (Wildman–Crippen MR) is 154 cm³/mol. The van der Waals surface area contributed by atoms with Crippen molar-refractivity contribution >= 4 is 52.2 Å². The lowest BCUT2D eigenvalue weighted by Gasteiger charge is -2.30. The minimum Gasteiger partial charge on any atom is -0.508 e. The van der Waals surface area contributed by atoms with Crippen LogP contribution in [0.5, 0.6) is 17.2 Å². The van der Waals surface area contributed by atoms with Gasteiger partial charge in [0.25, 0.3) is 5.91 Å². The SMILES string of the molecule is COc1cc(C2c3sc(=O)[nH]c3SC3C(=O)N(c4ccc(F)cc4)C(=O)C32)ccc1OCC(=O)Nc1ccc(O)cc1. The Morgan fingerprint density at radius 3 is 2.48 bits per heavy atom. The van der Waals surface area contributed by atoms with Crippen LogP contribution in [0.25, 0.3) is 0 Å². The number of imide groups is 1. The molecule has 3 amide bonds. The van der Waals surface area contributed by atoms with E-state index in [9.17, 15) is 28.7 Å². The molecule has 3 atom stereocenters. The van der Waals surface area contributed by atoms with Crippen LogP contribution in [0, 0.1) is 11.7 Å². The van der Waals surface area contributed by atoms with Gasteiger partial charge < -0.3 is 24.9 Å². The quantitative estimate of drug-likeness (QED) is 0.211. The lowest BCUT2D eigenvalue weighted by Crippen LogP contribution is -2.32. The van der Waals surface area contributed by atoms with Crippen LogP contribution in [0.15, 0.2) is 76.6 Å². The zero-order valence-corrected chi connectivity index (χ0v) is 23.5. The minimum atomic E-state index is -0.834. The van der Waals surface area contributed by atoms with Gasteiger partial charge in [-0.3, -0.25) is 19.2 Å². The number of nitrogens with zero attached hydrogens (tertiary/aromatic N) is 1. The average Bonchev–Trinajstić information content (AvgIpc) is 3.47. The number of carbonyl (C=O) groups is 3. The number of ether oxygens (including phenoxy) is 2. The normalized spacial score (nSPS) is 19.3. The summed E-state index contributed by atoms with van der Waals surface area (Å²) in [6, 6.07) is 16.1. The smallest absolute Gasteiger partial charge is 0.305 e. The van der Waals surface area contributed by atoms with Crippen molar-refractivity contribution in [1.29, 1.82) is 0 Å². The number of thioether (sulfide) groups is 1. The van der Waals surface area contributed by atoms with Crippen LogP contribution in [0.2, 0.25) is 0 Å². The van der Waals surface area contributed by atoms with E-state index in [0.29, 0.717) is 21.2 Å². The molecule has 214 valence electrons. The van der Waals surface area contributed by atoms with Crippen LogP contribution >= 0.6 is 23.1 Å². The number of hydrogen-bond acceptors (Lipinski definition) is 9. The van der Waals surface area contributed by atoms with E-state index in [-0.39, 0.29) is 34.4 Å². The summed E-state index contributed by atoms with van der Waals surface area (Å²) in [5, 5.41) is 11.8. The molecular formula is C29H22FN3O7S2. The Morgan fingerprint density at radius 1 is 1.02 bits per heavy atom. The van der Waals surface area contributed by atoms with E-state index in [1.165, 1.54) is 43.5 Å². The number of aromatic hydroxyl groups is 1. The summed E-state index contributed by atoms with van der Waals surface area (Å²) in [6.45, 7) is -0.329. The number of fused-ring (bicyclic) bond motifs is 2. The zero-order chi connectivity index (χ0) is 29.5. The molecule has 42 heavy (non-hydrogen) atoms. The summed E-state index contributed by atoms with van der Waals surface area (Å²) >= 11 is 2.11. The van der Waals surface area contributed by atoms with Crippen LogP contribution in [0.1, 0.15) is 16.4 Å². The van der Waals surface area contributed by atoms with Crippen LogP contribution in [0.4, 0.5) is 15.8 Å². The molecule has 2 aliphatic heterocycles. The number of aromatic nitrogens is 1. The molecular weight excluding hydrogens is 585 g/mol. The first-order chi connectivity index (χ1) is 20.2. The molecule has 3 heterocycles. The lowest BCUT2D eigenvalue weighted by molar-refractivity contribution is -0.122. The molecule has 1 aromatic heterocycles. The number of thiazole rings is 1. The van der Waals surface area contributed by atoms with Crippen molar-refractivity contribution in [1.82, 2.24) is 4.98 Å². The van der Waals surface area contributed by atoms with Gasteiger partial charge in [0.2, 0.25) is 11.8 Å². The van der Waals surface area contributed by atoms with Crippen molar-refractivity contribution in [2.75, 3.05) is 23.9 Å².